The molecule has 0 aromatic heterocycles. The number of rotatable bonds is 4. The smallest absolute Gasteiger partial charge is 0.261 e. The normalized spacial score (nSPS) is 13.6. The van der Waals surface area contributed by atoms with E-state index in [2.05, 4.69) is 32.0 Å². The second-order valence-electron chi connectivity index (χ2n) is 5.42. The highest BCUT2D eigenvalue weighted by Crippen LogP contribution is 2.26. The van der Waals surface area contributed by atoms with Gasteiger partial charge in [0.2, 0.25) is 0 Å². The first-order valence-corrected chi connectivity index (χ1v) is 8.22. The van der Waals surface area contributed by atoms with Crippen molar-refractivity contribution in [2.75, 3.05) is 12.3 Å². The van der Waals surface area contributed by atoms with E-state index in [1.807, 2.05) is 0 Å². The van der Waals surface area contributed by atoms with Gasteiger partial charge in [0.25, 0.3) is 11.8 Å². The Morgan fingerprint density at radius 1 is 0.955 bits per heavy atom. The van der Waals surface area contributed by atoms with Gasteiger partial charge in [-0.1, -0.05) is 29.8 Å². The third-order valence-electron chi connectivity index (χ3n) is 3.79. The fourth-order valence-electron chi connectivity index (χ4n) is 2.55. The lowest BCUT2D eigenvalue weighted by molar-refractivity contribution is 0.0664. The molecule has 0 atom stereocenters. The molecule has 0 radical (unpaired) electrons. The minimum absolute atomic E-state index is 0.179. The summed E-state index contributed by atoms with van der Waals surface area (Å²) in [4.78, 5) is 27.1. The number of hydrogen-bond acceptors (Lipinski definition) is 3. The lowest BCUT2D eigenvalue weighted by atomic mass is 10.1. The van der Waals surface area contributed by atoms with Crippen molar-refractivity contribution in [3.63, 3.8) is 0 Å². The highest BCUT2D eigenvalue weighted by Gasteiger charge is 2.34. The van der Waals surface area contributed by atoms with Crippen molar-refractivity contribution in [1.29, 1.82) is 0 Å². The Morgan fingerprint density at radius 2 is 1.59 bits per heavy atom. The molecule has 3 rings (SSSR count). The molecule has 0 saturated carbocycles. The van der Waals surface area contributed by atoms with Gasteiger partial charge >= 0.3 is 0 Å². The van der Waals surface area contributed by atoms with Crippen LogP contribution in [-0.4, -0.2) is 29.0 Å². The molecule has 2 aromatic carbocycles. The van der Waals surface area contributed by atoms with Crippen molar-refractivity contribution in [2.45, 2.75) is 18.7 Å². The molecule has 1 aliphatic rings. The number of imide groups is 1. The number of amides is 2. The van der Waals surface area contributed by atoms with Crippen molar-refractivity contribution in [1.82, 2.24) is 4.90 Å². The summed E-state index contributed by atoms with van der Waals surface area (Å²) in [6.07, 6.45) is 0. The lowest BCUT2D eigenvalue weighted by Gasteiger charge is -2.14. The zero-order chi connectivity index (χ0) is 15.7. The van der Waals surface area contributed by atoms with Crippen LogP contribution in [-0.2, 0) is 0 Å². The standard InChI is InChI=1S/C18H17NO2S/c1-12-7-8-13(2)16(11-12)22-10-9-19-17(20)14-5-3-4-6-15(14)18(19)21/h3-8,11H,9-10H2,1-2H3. The van der Waals surface area contributed by atoms with Gasteiger partial charge in [-0.2, -0.15) is 0 Å². The van der Waals surface area contributed by atoms with Crippen molar-refractivity contribution in [3.05, 3.63) is 64.7 Å². The predicted molar refractivity (Wildman–Crippen MR) is 88.4 cm³/mol. The number of benzene rings is 2. The molecule has 2 aromatic rings. The van der Waals surface area contributed by atoms with E-state index in [1.165, 1.54) is 20.9 Å². The van der Waals surface area contributed by atoms with Crippen molar-refractivity contribution >= 4 is 23.6 Å². The second-order valence-corrected chi connectivity index (χ2v) is 6.56. The van der Waals surface area contributed by atoms with Crippen LogP contribution in [0.3, 0.4) is 0 Å². The van der Waals surface area contributed by atoms with Gasteiger partial charge in [0.1, 0.15) is 0 Å². The molecule has 0 saturated heterocycles. The minimum atomic E-state index is -0.179. The van der Waals surface area contributed by atoms with Gasteiger partial charge in [-0.25, -0.2) is 0 Å². The Balaban J connectivity index is 1.67. The van der Waals surface area contributed by atoms with Crippen molar-refractivity contribution in [3.8, 4) is 0 Å². The van der Waals surface area contributed by atoms with Crippen LogP contribution in [0.4, 0.5) is 0 Å². The van der Waals surface area contributed by atoms with E-state index in [9.17, 15) is 9.59 Å². The maximum absolute atomic E-state index is 12.3. The summed E-state index contributed by atoms with van der Waals surface area (Å²) in [5.74, 6) is 0.347. The first-order chi connectivity index (χ1) is 10.6. The van der Waals surface area contributed by atoms with Crippen LogP contribution in [0.1, 0.15) is 31.8 Å². The molecular formula is C18H17NO2S. The number of aryl methyl sites for hydroxylation is 2. The summed E-state index contributed by atoms with van der Waals surface area (Å²) in [6.45, 7) is 4.57. The Labute approximate surface area is 134 Å². The fraction of sp³-hybridized carbons (Fsp3) is 0.222. The largest absolute Gasteiger partial charge is 0.273 e. The van der Waals surface area contributed by atoms with Crippen LogP contribution in [0, 0.1) is 13.8 Å². The van der Waals surface area contributed by atoms with Crippen LogP contribution in [0.15, 0.2) is 47.4 Å². The summed E-state index contributed by atoms with van der Waals surface area (Å²) >= 11 is 1.68. The van der Waals surface area contributed by atoms with E-state index < -0.39 is 0 Å². The summed E-state index contributed by atoms with van der Waals surface area (Å²) in [7, 11) is 0. The summed E-state index contributed by atoms with van der Waals surface area (Å²) in [6, 6.07) is 13.3. The number of hydrogen-bond donors (Lipinski definition) is 0. The third-order valence-corrected chi connectivity index (χ3v) is 4.93. The predicted octanol–water partition coefficient (Wildman–Crippen LogP) is 3.69. The van der Waals surface area contributed by atoms with Gasteiger partial charge < -0.3 is 0 Å². The number of thioether (sulfide) groups is 1. The van der Waals surface area contributed by atoms with E-state index in [0.29, 0.717) is 23.4 Å². The van der Waals surface area contributed by atoms with Crippen LogP contribution < -0.4 is 0 Å². The Bertz CT molecular complexity index is 720. The maximum Gasteiger partial charge on any atom is 0.261 e. The number of carbonyl (C=O) groups excluding carboxylic acids is 2. The minimum Gasteiger partial charge on any atom is -0.273 e. The molecular weight excluding hydrogens is 294 g/mol. The number of nitrogens with zero attached hydrogens (tertiary/aromatic N) is 1. The molecule has 0 aliphatic carbocycles. The highest BCUT2D eigenvalue weighted by molar-refractivity contribution is 7.99. The average molecular weight is 311 g/mol. The highest BCUT2D eigenvalue weighted by atomic mass is 32.2. The molecule has 22 heavy (non-hydrogen) atoms. The molecule has 1 aliphatic heterocycles. The van der Waals surface area contributed by atoms with Crippen LogP contribution in [0.2, 0.25) is 0 Å². The van der Waals surface area contributed by atoms with Crippen LogP contribution in [0.5, 0.6) is 0 Å². The van der Waals surface area contributed by atoms with Gasteiger partial charge in [0.05, 0.1) is 11.1 Å². The van der Waals surface area contributed by atoms with Crippen LogP contribution >= 0.6 is 11.8 Å². The molecule has 0 unspecified atom stereocenters. The van der Waals surface area contributed by atoms with E-state index in [4.69, 9.17) is 0 Å². The van der Waals surface area contributed by atoms with Gasteiger partial charge in [-0.3, -0.25) is 14.5 Å². The number of carbonyl (C=O) groups is 2. The molecule has 0 fully saturated rings. The lowest BCUT2D eigenvalue weighted by Crippen LogP contribution is -2.31. The maximum atomic E-state index is 12.3. The van der Waals surface area contributed by atoms with E-state index >= 15 is 0 Å². The zero-order valence-corrected chi connectivity index (χ0v) is 13.4. The first kappa shape index (κ1) is 14.9. The molecule has 3 nitrogen and oxygen atoms in total. The SMILES string of the molecule is Cc1ccc(C)c(SCCN2C(=O)c3ccccc3C2=O)c1. The van der Waals surface area contributed by atoms with Crippen LogP contribution in [0.25, 0.3) is 0 Å². The van der Waals surface area contributed by atoms with E-state index in [1.54, 1.807) is 36.0 Å². The zero-order valence-electron chi connectivity index (χ0n) is 12.6. The van der Waals surface area contributed by atoms with Gasteiger partial charge in [0, 0.05) is 17.2 Å². The monoisotopic (exact) mass is 311 g/mol. The van der Waals surface area contributed by atoms with Gasteiger partial charge in [-0.15, -0.1) is 11.8 Å². The molecule has 0 spiro atoms. The van der Waals surface area contributed by atoms with E-state index in [-0.39, 0.29) is 11.8 Å². The first-order valence-electron chi connectivity index (χ1n) is 7.23. The summed E-state index contributed by atoms with van der Waals surface area (Å²) < 4.78 is 0. The molecule has 112 valence electrons. The molecule has 1 heterocycles. The summed E-state index contributed by atoms with van der Waals surface area (Å²) in [5.41, 5.74) is 3.47. The molecule has 0 N–H and O–H groups in total. The Hall–Kier alpha value is -2.07. The Morgan fingerprint density at radius 3 is 2.23 bits per heavy atom. The van der Waals surface area contributed by atoms with Crippen molar-refractivity contribution < 1.29 is 9.59 Å². The van der Waals surface area contributed by atoms with Gasteiger partial charge in [0.15, 0.2) is 0 Å². The number of fused-ring (bicyclic) bond motifs is 1. The molecule has 4 heteroatoms. The van der Waals surface area contributed by atoms with Crippen molar-refractivity contribution in [2.24, 2.45) is 0 Å². The summed E-state index contributed by atoms with van der Waals surface area (Å²) in [5, 5.41) is 0. The van der Waals surface area contributed by atoms with E-state index in [0.717, 1.165) is 0 Å². The third kappa shape index (κ3) is 2.66. The topological polar surface area (TPSA) is 37.4 Å². The Kier molecular flexibility index (Phi) is 4.03. The average Bonchev–Trinajstić information content (AvgIpc) is 2.76. The molecule has 2 amide bonds. The second kappa shape index (κ2) is 5.97. The fourth-order valence-corrected chi connectivity index (χ4v) is 3.61. The molecule has 0 bridgehead atoms. The van der Waals surface area contributed by atoms with Gasteiger partial charge in [-0.05, 0) is 37.6 Å². The quantitative estimate of drug-likeness (QED) is 0.638.